The molecule has 0 aromatic carbocycles. The van der Waals surface area contributed by atoms with E-state index in [1.807, 2.05) is 11.3 Å². The molecule has 0 aliphatic carbocycles. The number of nitrogens with zero attached hydrogens (tertiary/aromatic N) is 2. The van der Waals surface area contributed by atoms with Crippen molar-refractivity contribution in [3.63, 3.8) is 0 Å². The van der Waals surface area contributed by atoms with Crippen molar-refractivity contribution >= 4 is 11.3 Å². The third-order valence-electron chi connectivity index (χ3n) is 3.78. The highest BCUT2D eigenvalue weighted by Crippen LogP contribution is 2.30. The molecule has 2 heterocycles. The molecule has 0 aliphatic heterocycles. The smallest absolute Gasteiger partial charge is 0.101 e. The first-order chi connectivity index (χ1) is 9.60. The Kier molecular flexibility index (Phi) is 5.00. The molecular formula is C16H25N3S. The van der Waals surface area contributed by atoms with Gasteiger partial charge in [-0.15, -0.1) is 11.3 Å². The van der Waals surface area contributed by atoms with Gasteiger partial charge in [0.05, 0.1) is 5.69 Å². The van der Waals surface area contributed by atoms with Crippen LogP contribution in [0, 0.1) is 6.92 Å². The zero-order valence-electron chi connectivity index (χ0n) is 12.9. The van der Waals surface area contributed by atoms with Gasteiger partial charge in [0, 0.05) is 21.5 Å². The molecule has 0 fully saturated rings. The van der Waals surface area contributed by atoms with E-state index in [1.165, 1.54) is 15.4 Å². The Bertz CT molecular complexity index is 556. The predicted molar refractivity (Wildman–Crippen MR) is 86.4 cm³/mol. The van der Waals surface area contributed by atoms with Crippen molar-refractivity contribution < 1.29 is 0 Å². The second-order valence-corrected chi connectivity index (χ2v) is 6.56. The Balaban J connectivity index is 2.48. The van der Waals surface area contributed by atoms with E-state index in [1.54, 1.807) is 0 Å². The summed E-state index contributed by atoms with van der Waals surface area (Å²) in [5.74, 6) is 0. The summed E-state index contributed by atoms with van der Waals surface area (Å²) in [4.78, 5) is 2.64. The highest BCUT2D eigenvalue weighted by Gasteiger charge is 2.25. The van der Waals surface area contributed by atoms with Gasteiger partial charge in [-0.1, -0.05) is 20.8 Å². The molecule has 0 aliphatic rings. The number of hydrogen-bond donors (Lipinski definition) is 1. The summed E-state index contributed by atoms with van der Waals surface area (Å²) in [6.45, 7) is 8.62. The maximum atomic E-state index is 6.41. The van der Waals surface area contributed by atoms with Gasteiger partial charge in [0.25, 0.3) is 0 Å². The van der Waals surface area contributed by atoms with Crippen LogP contribution in [0.15, 0.2) is 18.2 Å². The van der Waals surface area contributed by atoms with Crippen LogP contribution in [0.1, 0.15) is 54.4 Å². The molecular weight excluding hydrogens is 266 g/mol. The number of aromatic nitrogens is 2. The first-order valence-corrected chi connectivity index (χ1v) is 8.31. The van der Waals surface area contributed by atoms with Crippen LogP contribution in [0.3, 0.4) is 0 Å². The van der Waals surface area contributed by atoms with Crippen LogP contribution in [0.2, 0.25) is 0 Å². The Morgan fingerprint density at radius 1 is 1.25 bits per heavy atom. The zero-order valence-corrected chi connectivity index (χ0v) is 13.7. The molecule has 2 aromatic rings. The molecule has 0 radical (unpaired) electrons. The van der Waals surface area contributed by atoms with E-state index in [-0.39, 0.29) is 12.1 Å². The van der Waals surface area contributed by atoms with E-state index in [4.69, 9.17) is 10.8 Å². The van der Waals surface area contributed by atoms with Crippen molar-refractivity contribution in [2.45, 2.75) is 59.0 Å². The van der Waals surface area contributed by atoms with E-state index in [0.29, 0.717) is 0 Å². The molecule has 0 saturated carbocycles. The largest absolute Gasteiger partial charge is 0.326 e. The predicted octanol–water partition coefficient (Wildman–Crippen LogP) is 3.70. The van der Waals surface area contributed by atoms with Gasteiger partial charge in [-0.05, 0) is 44.4 Å². The normalized spacial score (nSPS) is 14.4. The SMILES string of the molecule is CCc1cc(CC)n(C(c2ccc(C)s2)C(N)CC)n1. The summed E-state index contributed by atoms with van der Waals surface area (Å²) in [6, 6.07) is 6.85. The minimum absolute atomic E-state index is 0.1000. The highest BCUT2D eigenvalue weighted by atomic mass is 32.1. The Hall–Kier alpha value is -1.13. The maximum absolute atomic E-state index is 6.41. The molecule has 3 nitrogen and oxygen atoms in total. The van der Waals surface area contributed by atoms with Crippen LogP contribution < -0.4 is 5.73 Å². The lowest BCUT2D eigenvalue weighted by Gasteiger charge is -2.24. The zero-order chi connectivity index (χ0) is 14.7. The first kappa shape index (κ1) is 15.3. The van der Waals surface area contributed by atoms with Crippen LogP contribution in [0.4, 0.5) is 0 Å². The monoisotopic (exact) mass is 291 g/mol. The minimum atomic E-state index is 0.1000. The number of rotatable bonds is 6. The summed E-state index contributed by atoms with van der Waals surface area (Å²) in [5.41, 5.74) is 8.85. The van der Waals surface area contributed by atoms with Gasteiger partial charge in [0.15, 0.2) is 0 Å². The topological polar surface area (TPSA) is 43.8 Å². The van der Waals surface area contributed by atoms with Crippen LogP contribution in [0.25, 0.3) is 0 Å². The van der Waals surface area contributed by atoms with Crippen LogP contribution in [-0.4, -0.2) is 15.8 Å². The standard InChI is InChI=1S/C16H25N3S/c1-5-12-10-13(6-2)19(18-12)16(14(17)7-3)15-9-8-11(4)20-15/h8-10,14,16H,5-7,17H2,1-4H3. The Morgan fingerprint density at radius 2 is 2.00 bits per heavy atom. The van der Waals surface area contributed by atoms with Crippen molar-refractivity contribution in [2.75, 3.05) is 0 Å². The summed E-state index contributed by atoms with van der Waals surface area (Å²) >= 11 is 1.83. The summed E-state index contributed by atoms with van der Waals surface area (Å²) < 4.78 is 2.16. The summed E-state index contributed by atoms with van der Waals surface area (Å²) in [7, 11) is 0. The molecule has 20 heavy (non-hydrogen) atoms. The maximum Gasteiger partial charge on any atom is 0.101 e. The van der Waals surface area contributed by atoms with E-state index in [2.05, 4.69) is 50.6 Å². The van der Waals surface area contributed by atoms with Gasteiger partial charge in [-0.2, -0.15) is 5.10 Å². The molecule has 4 heteroatoms. The van der Waals surface area contributed by atoms with Crippen LogP contribution in [-0.2, 0) is 12.8 Å². The second kappa shape index (κ2) is 6.55. The van der Waals surface area contributed by atoms with E-state index >= 15 is 0 Å². The van der Waals surface area contributed by atoms with E-state index in [9.17, 15) is 0 Å². The first-order valence-electron chi connectivity index (χ1n) is 7.49. The second-order valence-electron chi connectivity index (χ2n) is 5.24. The van der Waals surface area contributed by atoms with Gasteiger partial charge in [-0.3, -0.25) is 4.68 Å². The molecule has 2 atom stereocenters. The average molecular weight is 291 g/mol. The number of nitrogens with two attached hydrogens (primary N) is 1. The van der Waals surface area contributed by atoms with Crippen molar-refractivity contribution in [1.29, 1.82) is 0 Å². The average Bonchev–Trinajstić information content (AvgIpc) is 3.05. The highest BCUT2D eigenvalue weighted by molar-refractivity contribution is 7.12. The number of thiophene rings is 1. The lowest BCUT2D eigenvalue weighted by atomic mass is 10.0. The Morgan fingerprint density at radius 3 is 2.50 bits per heavy atom. The fourth-order valence-electron chi connectivity index (χ4n) is 2.52. The lowest BCUT2D eigenvalue weighted by Crippen LogP contribution is -2.33. The molecule has 0 amide bonds. The van der Waals surface area contributed by atoms with Gasteiger partial charge < -0.3 is 5.73 Å². The van der Waals surface area contributed by atoms with E-state index in [0.717, 1.165) is 25.0 Å². The number of hydrogen-bond acceptors (Lipinski definition) is 3. The fourth-order valence-corrected chi connectivity index (χ4v) is 3.56. The third-order valence-corrected chi connectivity index (χ3v) is 4.85. The molecule has 110 valence electrons. The Labute approximate surface area is 125 Å². The molecule has 0 bridgehead atoms. The van der Waals surface area contributed by atoms with Crippen LogP contribution in [0.5, 0.6) is 0 Å². The van der Waals surface area contributed by atoms with Gasteiger partial charge in [0.2, 0.25) is 0 Å². The molecule has 2 aromatic heterocycles. The van der Waals surface area contributed by atoms with Gasteiger partial charge >= 0.3 is 0 Å². The van der Waals surface area contributed by atoms with E-state index < -0.39 is 0 Å². The van der Waals surface area contributed by atoms with Crippen molar-refractivity contribution in [3.05, 3.63) is 39.3 Å². The van der Waals surface area contributed by atoms with Crippen molar-refractivity contribution in [2.24, 2.45) is 5.73 Å². The molecule has 2 rings (SSSR count). The molecule has 0 spiro atoms. The molecule has 0 saturated heterocycles. The lowest BCUT2D eigenvalue weighted by molar-refractivity contribution is 0.416. The molecule has 2 N–H and O–H groups in total. The number of aryl methyl sites for hydroxylation is 3. The summed E-state index contributed by atoms with van der Waals surface area (Å²) in [6.07, 6.45) is 2.91. The third kappa shape index (κ3) is 2.96. The van der Waals surface area contributed by atoms with Gasteiger partial charge in [0.1, 0.15) is 6.04 Å². The quantitative estimate of drug-likeness (QED) is 0.882. The van der Waals surface area contributed by atoms with Gasteiger partial charge in [-0.25, -0.2) is 0 Å². The fraction of sp³-hybridized carbons (Fsp3) is 0.562. The minimum Gasteiger partial charge on any atom is -0.326 e. The van der Waals surface area contributed by atoms with Crippen LogP contribution >= 0.6 is 11.3 Å². The molecule has 2 unspecified atom stereocenters. The van der Waals surface area contributed by atoms with Crippen molar-refractivity contribution in [1.82, 2.24) is 9.78 Å². The van der Waals surface area contributed by atoms with Crippen molar-refractivity contribution in [3.8, 4) is 0 Å². The summed E-state index contributed by atoms with van der Waals surface area (Å²) in [5, 5.41) is 4.80.